The molecule has 1 saturated heterocycles. The molecule has 1 aliphatic heterocycles. The van der Waals surface area contributed by atoms with Gasteiger partial charge in [-0.05, 0) is 24.6 Å². The molecule has 1 aromatic carbocycles. The van der Waals surface area contributed by atoms with Gasteiger partial charge in [-0.15, -0.1) is 0 Å². The second-order valence-corrected chi connectivity index (χ2v) is 4.04. The molecule has 0 N–H and O–H groups in total. The highest BCUT2D eigenvalue weighted by Crippen LogP contribution is 2.34. The molecular weight excluding hydrogens is 204 g/mol. The zero-order valence-corrected chi connectivity index (χ0v) is 8.71. The van der Waals surface area contributed by atoms with Crippen molar-refractivity contribution in [2.75, 3.05) is 0 Å². The molecule has 82 valence electrons. The summed E-state index contributed by atoms with van der Waals surface area (Å²) in [6, 6.07) is 9.02. The maximum Gasteiger partial charge on any atom is 0.338 e. The van der Waals surface area contributed by atoms with E-state index in [9.17, 15) is 4.79 Å². The molecule has 0 aromatic heterocycles. The zero-order chi connectivity index (χ0) is 11.0. The van der Waals surface area contributed by atoms with E-state index in [2.05, 4.69) is 0 Å². The monoisotopic (exact) mass is 216 g/mol. The largest absolute Gasteiger partial charge is 0.452 e. The molecule has 1 aliphatic carbocycles. The topological polar surface area (TPSA) is 38.8 Å². The van der Waals surface area contributed by atoms with E-state index in [4.69, 9.17) is 9.47 Å². The fourth-order valence-electron chi connectivity index (χ4n) is 1.96. The lowest BCUT2D eigenvalue weighted by Crippen LogP contribution is -2.25. The molecule has 0 spiro atoms. The Bertz CT molecular complexity index is 424. The Kier molecular flexibility index (Phi) is 2.26. The second-order valence-electron chi connectivity index (χ2n) is 4.04. The molecule has 0 saturated carbocycles. The molecule has 3 rings (SSSR count). The Morgan fingerprint density at radius 1 is 1.31 bits per heavy atom. The molecule has 0 amide bonds. The smallest absolute Gasteiger partial charge is 0.338 e. The predicted molar refractivity (Wildman–Crippen MR) is 58.1 cm³/mol. The third-order valence-corrected chi connectivity index (χ3v) is 2.89. The van der Waals surface area contributed by atoms with Gasteiger partial charge < -0.3 is 9.47 Å². The number of carbonyl (C=O) groups excluding carboxylic acids is 1. The molecule has 1 fully saturated rings. The highest BCUT2D eigenvalue weighted by molar-refractivity contribution is 5.89. The van der Waals surface area contributed by atoms with Gasteiger partial charge in [0, 0.05) is 0 Å². The molecular formula is C13H12O3. The number of hydrogen-bond acceptors (Lipinski definition) is 3. The van der Waals surface area contributed by atoms with E-state index in [0.29, 0.717) is 5.56 Å². The molecule has 0 bridgehead atoms. The van der Waals surface area contributed by atoms with Crippen molar-refractivity contribution in [1.29, 1.82) is 0 Å². The van der Waals surface area contributed by atoms with Crippen molar-refractivity contribution in [3.8, 4) is 0 Å². The standard InChI is InChI=1S/C13H12O3/c14-13(9-5-2-1-3-6-9)16-11-8-4-7-10-12(11)15-10/h1-6,8,10-12H,7H2/t10-,11+,12-/m1/s1. The summed E-state index contributed by atoms with van der Waals surface area (Å²) in [5, 5.41) is 0. The third-order valence-electron chi connectivity index (χ3n) is 2.89. The molecule has 3 atom stereocenters. The third kappa shape index (κ3) is 1.74. The first-order valence-corrected chi connectivity index (χ1v) is 5.43. The van der Waals surface area contributed by atoms with Gasteiger partial charge in [0.25, 0.3) is 0 Å². The summed E-state index contributed by atoms with van der Waals surface area (Å²) in [6.45, 7) is 0. The Labute approximate surface area is 93.7 Å². The highest BCUT2D eigenvalue weighted by Gasteiger charge is 2.47. The minimum absolute atomic E-state index is 0.0812. The van der Waals surface area contributed by atoms with Crippen LogP contribution in [0.4, 0.5) is 0 Å². The van der Waals surface area contributed by atoms with Crippen LogP contribution in [-0.4, -0.2) is 24.3 Å². The molecule has 1 aromatic rings. The van der Waals surface area contributed by atoms with Crippen LogP contribution in [0.3, 0.4) is 0 Å². The molecule has 2 aliphatic rings. The highest BCUT2D eigenvalue weighted by atomic mass is 16.6. The second kappa shape index (κ2) is 3.76. The average molecular weight is 216 g/mol. The fourth-order valence-corrected chi connectivity index (χ4v) is 1.96. The van der Waals surface area contributed by atoms with E-state index in [1.54, 1.807) is 12.1 Å². The molecule has 3 heteroatoms. The van der Waals surface area contributed by atoms with Crippen LogP contribution in [0.25, 0.3) is 0 Å². The Hall–Kier alpha value is -1.61. The van der Waals surface area contributed by atoms with Crippen molar-refractivity contribution in [1.82, 2.24) is 0 Å². The molecule has 0 unspecified atom stereocenters. The van der Waals surface area contributed by atoms with Gasteiger partial charge in [-0.2, -0.15) is 0 Å². The number of carbonyl (C=O) groups is 1. The van der Waals surface area contributed by atoms with Gasteiger partial charge in [0.2, 0.25) is 0 Å². The van der Waals surface area contributed by atoms with E-state index in [0.717, 1.165) is 6.42 Å². The van der Waals surface area contributed by atoms with Crippen LogP contribution in [0, 0.1) is 0 Å². The summed E-state index contributed by atoms with van der Waals surface area (Å²) in [5.74, 6) is -0.286. The van der Waals surface area contributed by atoms with Crippen LogP contribution in [0.1, 0.15) is 16.8 Å². The minimum Gasteiger partial charge on any atom is -0.452 e. The Balaban J connectivity index is 1.69. The van der Waals surface area contributed by atoms with Gasteiger partial charge in [-0.25, -0.2) is 4.79 Å². The van der Waals surface area contributed by atoms with E-state index in [1.165, 1.54) is 0 Å². The summed E-state index contributed by atoms with van der Waals surface area (Å²) >= 11 is 0. The molecule has 1 heterocycles. The van der Waals surface area contributed by atoms with Crippen LogP contribution < -0.4 is 0 Å². The van der Waals surface area contributed by atoms with E-state index in [1.807, 2.05) is 30.4 Å². The van der Waals surface area contributed by atoms with Crippen LogP contribution in [-0.2, 0) is 9.47 Å². The van der Waals surface area contributed by atoms with Crippen LogP contribution in [0.5, 0.6) is 0 Å². The van der Waals surface area contributed by atoms with E-state index in [-0.39, 0.29) is 24.3 Å². The molecule has 0 radical (unpaired) electrons. The normalized spacial score (nSPS) is 30.6. The predicted octanol–water partition coefficient (Wildman–Crippen LogP) is 1.94. The minimum atomic E-state index is -0.286. The van der Waals surface area contributed by atoms with Crippen molar-refractivity contribution in [2.45, 2.75) is 24.7 Å². The zero-order valence-electron chi connectivity index (χ0n) is 8.71. The first-order valence-electron chi connectivity index (χ1n) is 5.43. The van der Waals surface area contributed by atoms with Crippen molar-refractivity contribution < 1.29 is 14.3 Å². The lowest BCUT2D eigenvalue weighted by atomic mass is 10.1. The number of esters is 1. The van der Waals surface area contributed by atoms with E-state index >= 15 is 0 Å². The van der Waals surface area contributed by atoms with Crippen molar-refractivity contribution in [3.05, 3.63) is 48.0 Å². The summed E-state index contributed by atoms with van der Waals surface area (Å²) in [6.07, 6.45) is 4.98. The van der Waals surface area contributed by atoms with E-state index < -0.39 is 0 Å². The first kappa shape index (κ1) is 9.60. The van der Waals surface area contributed by atoms with Gasteiger partial charge in [0.1, 0.15) is 12.2 Å². The Morgan fingerprint density at radius 3 is 2.94 bits per heavy atom. The number of epoxide rings is 1. The lowest BCUT2D eigenvalue weighted by Gasteiger charge is -2.14. The summed E-state index contributed by atoms with van der Waals surface area (Å²) in [5.41, 5.74) is 0.582. The van der Waals surface area contributed by atoms with Gasteiger partial charge in [0.15, 0.2) is 0 Å². The van der Waals surface area contributed by atoms with Crippen LogP contribution in [0.2, 0.25) is 0 Å². The number of ether oxygens (including phenoxy) is 2. The maximum atomic E-state index is 11.8. The van der Waals surface area contributed by atoms with Gasteiger partial charge in [-0.3, -0.25) is 0 Å². The van der Waals surface area contributed by atoms with Gasteiger partial charge in [0.05, 0.1) is 11.7 Å². The fraction of sp³-hybridized carbons (Fsp3) is 0.308. The Morgan fingerprint density at radius 2 is 2.12 bits per heavy atom. The number of fused-ring (bicyclic) bond motifs is 1. The van der Waals surface area contributed by atoms with Crippen molar-refractivity contribution in [2.24, 2.45) is 0 Å². The number of benzene rings is 1. The number of hydrogen-bond donors (Lipinski definition) is 0. The molecule has 3 nitrogen and oxygen atoms in total. The lowest BCUT2D eigenvalue weighted by molar-refractivity contribution is 0.0340. The number of rotatable bonds is 2. The molecule has 16 heavy (non-hydrogen) atoms. The maximum absolute atomic E-state index is 11.8. The van der Waals surface area contributed by atoms with Crippen molar-refractivity contribution in [3.63, 3.8) is 0 Å². The van der Waals surface area contributed by atoms with Gasteiger partial charge >= 0.3 is 5.97 Å². The van der Waals surface area contributed by atoms with Crippen LogP contribution >= 0.6 is 0 Å². The first-order chi connectivity index (χ1) is 7.84. The van der Waals surface area contributed by atoms with Crippen molar-refractivity contribution >= 4 is 5.97 Å². The van der Waals surface area contributed by atoms with Crippen LogP contribution in [0.15, 0.2) is 42.5 Å². The summed E-state index contributed by atoms with van der Waals surface area (Å²) in [7, 11) is 0. The average Bonchev–Trinajstić information content (AvgIpc) is 3.10. The van der Waals surface area contributed by atoms with Gasteiger partial charge in [-0.1, -0.05) is 24.3 Å². The summed E-state index contributed by atoms with van der Waals surface area (Å²) < 4.78 is 10.8. The quantitative estimate of drug-likeness (QED) is 0.431. The SMILES string of the molecule is O=C(O[C@H]1C=CC[C@H]2O[C@@H]12)c1ccccc1. The summed E-state index contributed by atoms with van der Waals surface area (Å²) in [4.78, 5) is 11.8.